The average Bonchev–Trinajstić information content (AvgIpc) is 2.95. The van der Waals surface area contributed by atoms with E-state index in [0.717, 1.165) is 5.75 Å². The van der Waals surface area contributed by atoms with Gasteiger partial charge in [-0.3, -0.25) is 0 Å². The standard InChI is InChI=1S/C12H9ClN4S.CHCl3/c13-10-9-11(15-7-14-9)17-12(16-10)18-6-8-4-2-1-3-5-8;2-1(3)4/h1-5,7H,6H2,(H,14,15,16,17);1H. The van der Waals surface area contributed by atoms with E-state index in [9.17, 15) is 0 Å². The third kappa shape index (κ3) is 5.48. The van der Waals surface area contributed by atoms with Crippen LogP contribution in [-0.4, -0.2) is 24.2 Å². The zero-order chi connectivity index (χ0) is 15.9. The Hall–Kier alpha value is -0.720. The predicted molar refractivity (Wildman–Crippen MR) is 94.0 cm³/mol. The summed E-state index contributed by atoms with van der Waals surface area (Å²) in [6, 6.07) is 10.2. The Bertz CT molecular complexity index is 718. The van der Waals surface area contributed by atoms with Crippen LogP contribution in [0.15, 0.2) is 41.8 Å². The highest BCUT2D eigenvalue weighted by molar-refractivity contribution is 7.98. The topological polar surface area (TPSA) is 54.5 Å². The lowest BCUT2D eigenvalue weighted by Crippen LogP contribution is -1.90. The van der Waals surface area contributed by atoms with Crippen LogP contribution in [-0.2, 0) is 5.75 Å². The first-order valence-electron chi connectivity index (χ1n) is 6.02. The van der Waals surface area contributed by atoms with Gasteiger partial charge < -0.3 is 4.98 Å². The molecule has 3 aromatic rings. The maximum absolute atomic E-state index is 6.05. The lowest BCUT2D eigenvalue weighted by molar-refractivity contribution is 0.993. The zero-order valence-electron chi connectivity index (χ0n) is 11.0. The highest BCUT2D eigenvalue weighted by Gasteiger charge is 2.08. The van der Waals surface area contributed by atoms with E-state index in [0.29, 0.717) is 21.5 Å². The van der Waals surface area contributed by atoms with Crippen molar-refractivity contribution in [2.75, 3.05) is 0 Å². The van der Waals surface area contributed by atoms with Crippen LogP contribution >= 0.6 is 58.2 Å². The summed E-state index contributed by atoms with van der Waals surface area (Å²) >= 11 is 22.0. The van der Waals surface area contributed by atoms with Crippen molar-refractivity contribution in [1.29, 1.82) is 0 Å². The smallest absolute Gasteiger partial charge is 0.191 e. The van der Waals surface area contributed by atoms with Crippen LogP contribution in [0.5, 0.6) is 0 Å². The first kappa shape index (κ1) is 17.6. The molecule has 0 saturated carbocycles. The van der Waals surface area contributed by atoms with E-state index < -0.39 is 4.30 Å². The van der Waals surface area contributed by atoms with Gasteiger partial charge in [0.2, 0.25) is 0 Å². The highest BCUT2D eigenvalue weighted by Crippen LogP contribution is 2.24. The second kappa shape index (κ2) is 8.79. The molecule has 0 aliphatic heterocycles. The summed E-state index contributed by atoms with van der Waals surface area (Å²) < 4.78 is -0.750. The Morgan fingerprint density at radius 1 is 1.09 bits per heavy atom. The molecule has 0 aliphatic rings. The van der Waals surface area contributed by atoms with Crippen LogP contribution in [0.25, 0.3) is 11.2 Å². The number of alkyl halides is 3. The summed E-state index contributed by atoms with van der Waals surface area (Å²) in [5.41, 5.74) is 2.51. The first-order chi connectivity index (χ1) is 10.6. The maximum Gasteiger partial charge on any atom is 0.191 e. The summed E-state index contributed by atoms with van der Waals surface area (Å²) in [6.07, 6.45) is 1.57. The molecule has 1 N–H and O–H groups in total. The van der Waals surface area contributed by atoms with Crippen LogP contribution in [0.2, 0.25) is 5.15 Å². The van der Waals surface area contributed by atoms with Crippen LogP contribution in [0.4, 0.5) is 0 Å². The fourth-order valence-corrected chi connectivity index (χ4v) is 2.63. The van der Waals surface area contributed by atoms with Crippen LogP contribution in [0.1, 0.15) is 5.56 Å². The largest absolute Gasteiger partial charge is 0.341 e. The number of fused-ring (bicyclic) bond motifs is 1. The monoisotopic (exact) mass is 394 g/mol. The number of hydrogen-bond acceptors (Lipinski definition) is 4. The molecular formula is C13H10Cl4N4S. The van der Waals surface area contributed by atoms with Gasteiger partial charge in [0.05, 0.1) is 6.33 Å². The minimum absolute atomic E-state index is 0.410. The number of hydrogen-bond donors (Lipinski definition) is 1. The van der Waals surface area contributed by atoms with Crippen molar-refractivity contribution < 1.29 is 0 Å². The molecule has 0 atom stereocenters. The van der Waals surface area contributed by atoms with Gasteiger partial charge in [-0.15, -0.1) is 0 Å². The molecule has 0 bridgehead atoms. The van der Waals surface area contributed by atoms with Gasteiger partial charge in [0.25, 0.3) is 0 Å². The van der Waals surface area contributed by atoms with E-state index in [4.69, 9.17) is 46.4 Å². The number of halogens is 4. The number of rotatable bonds is 3. The molecule has 0 aliphatic carbocycles. The predicted octanol–water partition coefficient (Wildman–Crippen LogP) is 5.29. The van der Waals surface area contributed by atoms with E-state index in [1.807, 2.05) is 18.2 Å². The Morgan fingerprint density at radius 2 is 1.77 bits per heavy atom. The number of aromatic nitrogens is 4. The van der Waals surface area contributed by atoms with Gasteiger partial charge in [-0.2, -0.15) is 0 Å². The van der Waals surface area contributed by atoms with E-state index in [2.05, 4.69) is 32.1 Å². The number of imidazole rings is 1. The Labute approximate surface area is 151 Å². The minimum atomic E-state index is -0.750. The van der Waals surface area contributed by atoms with E-state index in [1.54, 1.807) is 18.1 Å². The highest BCUT2D eigenvalue weighted by atomic mass is 35.6. The molecule has 0 amide bonds. The molecule has 0 fully saturated rings. The molecule has 22 heavy (non-hydrogen) atoms. The molecule has 0 unspecified atom stereocenters. The Morgan fingerprint density at radius 3 is 2.45 bits per heavy atom. The molecular weight excluding hydrogens is 386 g/mol. The molecule has 0 radical (unpaired) electrons. The van der Waals surface area contributed by atoms with Crippen molar-refractivity contribution >= 4 is 69.3 Å². The Balaban J connectivity index is 0.000000396. The quantitative estimate of drug-likeness (QED) is 0.283. The minimum Gasteiger partial charge on any atom is -0.341 e. The second-order valence-corrected chi connectivity index (χ2v) is 7.20. The van der Waals surface area contributed by atoms with Crippen LogP contribution in [0, 0.1) is 0 Å². The molecule has 0 saturated heterocycles. The molecule has 1 aromatic carbocycles. The van der Waals surface area contributed by atoms with Crippen molar-refractivity contribution in [3.8, 4) is 0 Å². The third-order valence-electron chi connectivity index (χ3n) is 2.43. The summed E-state index contributed by atoms with van der Waals surface area (Å²) in [4.78, 5) is 15.6. The number of nitrogens with zero attached hydrogens (tertiary/aromatic N) is 3. The van der Waals surface area contributed by atoms with Crippen molar-refractivity contribution in [2.45, 2.75) is 15.2 Å². The molecule has 0 spiro atoms. The number of nitrogens with one attached hydrogen (secondary N) is 1. The normalized spacial score (nSPS) is 10.6. The summed E-state index contributed by atoms with van der Waals surface area (Å²) in [7, 11) is 0. The lowest BCUT2D eigenvalue weighted by Gasteiger charge is -2.01. The molecule has 116 valence electrons. The number of H-pyrrole nitrogens is 1. The van der Waals surface area contributed by atoms with Gasteiger partial charge in [0, 0.05) is 5.75 Å². The van der Waals surface area contributed by atoms with Crippen molar-refractivity contribution in [1.82, 2.24) is 19.9 Å². The first-order valence-corrected chi connectivity index (χ1v) is 8.69. The molecule has 2 aromatic heterocycles. The fraction of sp³-hybridized carbons (Fsp3) is 0.154. The van der Waals surface area contributed by atoms with Crippen LogP contribution < -0.4 is 0 Å². The Kier molecular flexibility index (Phi) is 7.05. The SMILES string of the molecule is ClC(Cl)Cl.Clc1nc(SCc2ccccc2)nc2nc[nH]c12. The van der Waals surface area contributed by atoms with Gasteiger partial charge in [0.15, 0.2) is 20.3 Å². The third-order valence-corrected chi connectivity index (χ3v) is 3.62. The molecule has 2 heterocycles. The van der Waals surface area contributed by atoms with Crippen molar-refractivity contribution in [3.05, 3.63) is 47.4 Å². The van der Waals surface area contributed by atoms with Gasteiger partial charge in [-0.1, -0.05) is 88.5 Å². The van der Waals surface area contributed by atoms with Gasteiger partial charge in [-0.05, 0) is 5.56 Å². The van der Waals surface area contributed by atoms with Gasteiger partial charge in [0.1, 0.15) is 5.52 Å². The molecule has 4 nitrogen and oxygen atoms in total. The number of benzene rings is 1. The summed E-state index contributed by atoms with van der Waals surface area (Å²) in [6.45, 7) is 0. The number of aromatic amines is 1. The summed E-state index contributed by atoms with van der Waals surface area (Å²) in [5.74, 6) is 0.813. The zero-order valence-corrected chi connectivity index (χ0v) is 14.9. The van der Waals surface area contributed by atoms with Gasteiger partial charge >= 0.3 is 0 Å². The van der Waals surface area contributed by atoms with E-state index in [1.165, 1.54) is 5.56 Å². The van der Waals surface area contributed by atoms with Crippen LogP contribution in [0.3, 0.4) is 0 Å². The second-order valence-electron chi connectivity index (χ2n) is 3.92. The summed E-state index contributed by atoms with van der Waals surface area (Å²) in [5, 5.41) is 1.05. The maximum atomic E-state index is 6.05. The molecule has 3 rings (SSSR count). The van der Waals surface area contributed by atoms with Crippen molar-refractivity contribution in [2.24, 2.45) is 0 Å². The van der Waals surface area contributed by atoms with E-state index >= 15 is 0 Å². The fourth-order valence-electron chi connectivity index (χ4n) is 1.57. The number of thioether (sulfide) groups is 1. The van der Waals surface area contributed by atoms with Crippen molar-refractivity contribution in [3.63, 3.8) is 0 Å². The average molecular weight is 396 g/mol. The van der Waals surface area contributed by atoms with E-state index in [-0.39, 0.29) is 0 Å². The lowest BCUT2D eigenvalue weighted by atomic mass is 10.2. The van der Waals surface area contributed by atoms with Gasteiger partial charge in [-0.25, -0.2) is 15.0 Å². The molecule has 9 heteroatoms.